The van der Waals surface area contributed by atoms with E-state index in [0.29, 0.717) is 6.42 Å². The van der Waals surface area contributed by atoms with Gasteiger partial charge in [0.1, 0.15) is 6.61 Å². The second-order valence-electron chi connectivity index (χ2n) is 22.7. The summed E-state index contributed by atoms with van der Waals surface area (Å²) in [6, 6.07) is 0. The van der Waals surface area contributed by atoms with Gasteiger partial charge in [-0.05, 0) is 70.6 Å². The van der Waals surface area contributed by atoms with Crippen LogP contribution in [0.15, 0.2) is 36.5 Å². The molecule has 0 heterocycles. The molecule has 0 aromatic heterocycles. The number of nitrogens with two attached hydrogens (primary N) is 1. The number of hydrogen-bond donors (Lipinski definition) is 2. The van der Waals surface area contributed by atoms with E-state index in [1.807, 2.05) is 0 Å². The summed E-state index contributed by atoms with van der Waals surface area (Å²) in [6.07, 6.45) is 78.2. The minimum absolute atomic E-state index is 0.0542. The van der Waals surface area contributed by atoms with Crippen molar-refractivity contribution >= 4 is 19.8 Å². The van der Waals surface area contributed by atoms with E-state index in [9.17, 15) is 19.0 Å². The van der Waals surface area contributed by atoms with Crippen molar-refractivity contribution in [1.82, 2.24) is 0 Å². The Kier molecular flexibility index (Phi) is 62.0. The maximum atomic E-state index is 12.7. The number of carbonyl (C=O) groups is 2. The molecular formula is C67H128NO8P. The van der Waals surface area contributed by atoms with E-state index in [1.165, 1.54) is 263 Å². The second kappa shape index (κ2) is 63.4. The Bertz CT molecular complexity index is 1350. The largest absolute Gasteiger partial charge is 0.472 e. The van der Waals surface area contributed by atoms with Crippen molar-refractivity contribution < 1.29 is 37.6 Å². The molecule has 0 radical (unpaired) electrons. The molecule has 0 aliphatic heterocycles. The molecule has 77 heavy (non-hydrogen) atoms. The van der Waals surface area contributed by atoms with E-state index in [2.05, 4.69) is 50.3 Å². The summed E-state index contributed by atoms with van der Waals surface area (Å²) in [4.78, 5) is 35.2. The summed E-state index contributed by atoms with van der Waals surface area (Å²) < 4.78 is 33.1. The highest BCUT2D eigenvalue weighted by molar-refractivity contribution is 7.47. The molecule has 0 saturated carbocycles. The van der Waals surface area contributed by atoms with Crippen molar-refractivity contribution in [3.63, 3.8) is 0 Å². The number of rotatable bonds is 64. The fourth-order valence-electron chi connectivity index (χ4n) is 10.0. The lowest BCUT2D eigenvalue weighted by Crippen LogP contribution is -2.29. The van der Waals surface area contributed by atoms with Crippen molar-refractivity contribution in [3.8, 4) is 0 Å². The van der Waals surface area contributed by atoms with Gasteiger partial charge in [-0.1, -0.05) is 301 Å². The Morgan fingerprint density at radius 1 is 0.390 bits per heavy atom. The molecule has 0 aromatic rings. The van der Waals surface area contributed by atoms with Gasteiger partial charge in [0.15, 0.2) is 6.10 Å². The van der Waals surface area contributed by atoms with Crippen LogP contribution in [-0.4, -0.2) is 49.3 Å². The first-order valence-electron chi connectivity index (χ1n) is 33.5. The Morgan fingerprint density at radius 2 is 0.675 bits per heavy atom. The van der Waals surface area contributed by atoms with Crippen LogP contribution >= 0.6 is 7.82 Å². The zero-order valence-electron chi connectivity index (χ0n) is 51.0. The molecule has 0 aliphatic rings. The Balaban J connectivity index is 3.77. The van der Waals surface area contributed by atoms with Crippen molar-refractivity contribution in [1.29, 1.82) is 0 Å². The third-order valence-corrected chi connectivity index (χ3v) is 16.0. The van der Waals surface area contributed by atoms with E-state index in [1.54, 1.807) is 0 Å². The summed E-state index contributed by atoms with van der Waals surface area (Å²) in [5.74, 6) is -0.815. The van der Waals surface area contributed by atoms with Crippen molar-refractivity contribution in [2.75, 3.05) is 26.4 Å². The van der Waals surface area contributed by atoms with Gasteiger partial charge in [-0.15, -0.1) is 0 Å². The predicted molar refractivity (Wildman–Crippen MR) is 330 cm³/mol. The quantitative estimate of drug-likeness (QED) is 0.0264. The van der Waals surface area contributed by atoms with E-state index in [4.69, 9.17) is 24.3 Å². The van der Waals surface area contributed by atoms with Gasteiger partial charge in [-0.3, -0.25) is 18.6 Å². The van der Waals surface area contributed by atoms with Gasteiger partial charge in [0.25, 0.3) is 0 Å². The summed E-state index contributed by atoms with van der Waals surface area (Å²) in [5.41, 5.74) is 5.39. The Morgan fingerprint density at radius 3 is 1.03 bits per heavy atom. The molecule has 454 valence electrons. The summed E-state index contributed by atoms with van der Waals surface area (Å²) in [7, 11) is -4.39. The molecule has 0 aliphatic carbocycles. The van der Waals surface area contributed by atoms with Gasteiger partial charge in [0.2, 0.25) is 0 Å². The lowest BCUT2D eigenvalue weighted by atomic mass is 10.0. The molecule has 0 aromatic carbocycles. The molecule has 9 nitrogen and oxygen atoms in total. The molecule has 3 N–H and O–H groups in total. The number of hydrogen-bond acceptors (Lipinski definition) is 8. The number of ether oxygens (including phenoxy) is 2. The van der Waals surface area contributed by atoms with E-state index in [-0.39, 0.29) is 38.6 Å². The SMILES string of the molecule is CCCCC/C=C\C/C=C\CCCCCCCCCCCC(=O)OC(COC(=O)CCCCCCCCCCCCCCCCCCCCCCCCCCC/C=C\CCCCCCCCCC)COP(=O)(O)OCCN. The molecule has 2 unspecified atom stereocenters. The highest BCUT2D eigenvalue weighted by Crippen LogP contribution is 2.43. The van der Waals surface area contributed by atoms with Crippen LogP contribution in [0.3, 0.4) is 0 Å². The Labute approximate surface area is 477 Å². The number of esters is 2. The van der Waals surface area contributed by atoms with Crippen molar-refractivity contribution in [2.24, 2.45) is 5.73 Å². The number of carbonyl (C=O) groups excluding carboxylic acids is 2. The standard InChI is InChI=1S/C67H128NO8P/c1-3-5-7-9-11-13-15-17-19-21-23-24-25-26-27-28-29-30-31-32-33-34-35-36-37-38-39-40-42-43-45-47-49-51-53-55-57-59-66(69)73-63-65(64-75-77(71,72)74-62-61-68)76-67(70)60-58-56-54-52-50-48-46-44-41-22-20-18-16-14-12-10-8-6-4-2/h12,14,18,20-21,23,65H,3-11,13,15-17,19,22,24-64,68H2,1-2H3,(H,71,72)/b14-12-,20-18-,23-21-. The number of phosphoric ester groups is 1. The van der Waals surface area contributed by atoms with Crippen LogP contribution in [-0.2, 0) is 32.7 Å². The minimum Gasteiger partial charge on any atom is -0.462 e. The van der Waals surface area contributed by atoms with Gasteiger partial charge in [-0.2, -0.15) is 0 Å². The van der Waals surface area contributed by atoms with Gasteiger partial charge in [0, 0.05) is 19.4 Å². The first kappa shape index (κ1) is 75.2. The first-order valence-corrected chi connectivity index (χ1v) is 35.0. The van der Waals surface area contributed by atoms with Crippen LogP contribution in [0.4, 0.5) is 0 Å². The third kappa shape index (κ3) is 63.3. The van der Waals surface area contributed by atoms with Gasteiger partial charge >= 0.3 is 19.8 Å². The van der Waals surface area contributed by atoms with Crippen LogP contribution in [0.1, 0.15) is 348 Å². The molecule has 0 saturated heterocycles. The number of unbranched alkanes of at least 4 members (excludes halogenated alkanes) is 45. The van der Waals surface area contributed by atoms with Crippen LogP contribution in [0.5, 0.6) is 0 Å². The molecule has 0 rings (SSSR count). The van der Waals surface area contributed by atoms with Crippen LogP contribution < -0.4 is 5.73 Å². The zero-order chi connectivity index (χ0) is 55.9. The average molecular weight is 1110 g/mol. The lowest BCUT2D eigenvalue weighted by molar-refractivity contribution is -0.161. The molecule has 0 amide bonds. The monoisotopic (exact) mass is 1110 g/mol. The third-order valence-electron chi connectivity index (χ3n) is 15.0. The molecule has 10 heteroatoms. The zero-order valence-corrected chi connectivity index (χ0v) is 51.9. The maximum absolute atomic E-state index is 12.7. The second-order valence-corrected chi connectivity index (χ2v) is 24.1. The normalized spacial score (nSPS) is 13.1. The van der Waals surface area contributed by atoms with Crippen molar-refractivity contribution in [3.05, 3.63) is 36.5 Å². The van der Waals surface area contributed by atoms with Crippen molar-refractivity contribution in [2.45, 2.75) is 354 Å². The maximum Gasteiger partial charge on any atom is 0.472 e. The fourth-order valence-corrected chi connectivity index (χ4v) is 10.8. The summed E-state index contributed by atoms with van der Waals surface area (Å²) >= 11 is 0. The molecule has 0 fully saturated rings. The fraction of sp³-hybridized carbons (Fsp3) is 0.881. The van der Waals surface area contributed by atoms with Crippen LogP contribution in [0.25, 0.3) is 0 Å². The highest BCUT2D eigenvalue weighted by atomic mass is 31.2. The molecule has 0 spiro atoms. The number of phosphoric acid groups is 1. The lowest BCUT2D eigenvalue weighted by Gasteiger charge is -2.19. The van der Waals surface area contributed by atoms with Crippen LogP contribution in [0, 0.1) is 0 Å². The predicted octanol–water partition coefficient (Wildman–Crippen LogP) is 21.5. The topological polar surface area (TPSA) is 134 Å². The molecule has 0 bridgehead atoms. The highest BCUT2D eigenvalue weighted by Gasteiger charge is 2.26. The van der Waals surface area contributed by atoms with Crippen LogP contribution in [0.2, 0.25) is 0 Å². The van der Waals surface area contributed by atoms with E-state index >= 15 is 0 Å². The summed E-state index contributed by atoms with van der Waals surface area (Å²) in [6.45, 7) is 3.77. The molecule has 2 atom stereocenters. The van der Waals surface area contributed by atoms with E-state index in [0.717, 1.165) is 51.4 Å². The summed E-state index contributed by atoms with van der Waals surface area (Å²) in [5, 5.41) is 0. The van der Waals surface area contributed by atoms with E-state index < -0.39 is 26.5 Å². The first-order chi connectivity index (χ1) is 37.8. The van der Waals surface area contributed by atoms with Gasteiger partial charge < -0.3 is 20.1 Å². The van der Waals surface area contributed by atoms with Gasteiger partial charge in [-0.25, -0.2) is 4.57 Å². The average Bonchev–Trinajstić information content (AvgIpc) is 3.42. The molecular weight excluding hydrogens is 978 g/mol. The number of allylic oxidation sites excluding steroid dienone is 6. The van der Waals surface area contributed by atoms with Gasteiger partial charge in [0.05, 0.1) is 13.2 Å². The Hall–Kier alpha value is -1.77. The minimum atomic E-state index is -4.39. The smallest absolute Gasteiger partial charge is 0.462 e.